The number of aromatic nitrogens is 3. The summed E-state index contributed by atoms with van der Waals surface area (Å²) >= 11 is 0. The molecule has 8 heteroatoms. The van der Waals surface area contributed by atoms with E-state index in [1.165, 1.54) is 0 Å². The topological polar surface area (TPSA) is 67.1 Å². The average Bonchev–Trinajstić information content (AvgIpc) is 3.15. The molecule has 30 heavy (non-hydrogen) atoms. The summed E-state index contributed by atoms with van der Waals surface area (Å²) in [5.41, 5.74) is 4.57. The Morgan fingerprint density at radius 1 is 1.07 bits per heavy atom. The molecule has 0 saturated carbocycles. The number of benzene rings is 1. The Hall–Kier alpha value is -2.42. The molecule has 0 bridgehead atoms. The lowest BCUT2D eigenvalue weighted by Crippen LogP contribution is -2.41. The summed E-state index contributed by atoms with van der Waals surface area (Å²) in [6, 6.07) is 7.97. The molecule has 2 aromatic heterocycles. The molecule has 3 heterocycles. The van der Waals surface area contributed by atoms with Crippen LogP contribution in [0.3, 0.4) is 0 Å². The summed E-state index contributed by atoms with van der Waals surface area (Å²) in [4.78, 5) is 4.53. The second-order valence-corrected chi connectivity index (χ2v) is 8.75. The zero-order chi connectivity index (χ0) is 21.7. The van der Waals surface area contributed by atoms with Crippen LogP contribution in [0.1, 0.15) is 39.0 Å². The molecule has 1 aliphatic rings. The lowest BCUT2D eigenvalue weighted by molar-refractivity contribution is 0.00578. The number of methoxy groups -OCH3 is 1. The van der Waals surface area contributed by atoms with E-state index in [4.69, 9.17) is 23.9 Å². The summed E-state index contributed by atoms with van der Waals surface area (Å²) in [7, 11) is 1.07. The highest BCUT2D eigenvalue weighted by Gasteiger charge is 2.52. The Kier molecular flexibility index (Phi) is 5.12. The summed E-state index contributed by atoms with van der Waals surface area (Å²) < 4.78 is 25.3. The smallest absolute Gasteiger partial charge is 0.468 e. The van der Waals surface area contributed by atoms with E-state index in [-0.39, 0.29) is 6.79 Å². The minimum absolute atomic E-state index is 0.127. The van der Waals surface area contributed by atoms with Crippen LogP contribution in [0.4, 0.5) is 0 Å². The molecule has 3 aromatic rings. The predicted octanol–water partition coefficient (Wildman–Crippen LogP) is 3.30. The minimum atomic E-state index is -0.524. The van der Waals surface area contributed by atoms with Gasteiger partial charge in [0.25, 0.3) is 0 Å². The summed E-state index contributed by atoms with van der Waals surface area (Å²) in [6.45, 7) is 12.3. The number of fused-ring (bicyclic) bond motifs is 1. The van der Waals surface area contributed by atoms with Gasteiger partial charge in [0.15, 0.2) is 12.4 Å². The molecule has 7 nitrogen and oxygen atoms in total. The molecule has 4 rings (SSSR count). The third kappa shape index (κ3) is 3.60. The van der Waals surface area contributed by atoms with E-state index in [9.17, 15) is 0 Å². The zero-order valence-electron chi connectivity index (χ0n) is 18.6. The number of imidazole rings is 1. The summed E-state index contributed by atoms with van der Waals surface area (Å²) in [5, 5.41) is 4.73. The van der Waals surface area contributed by atoms with Crippen LogP contribution in [0.5, 0.6) is 5.75 Å². The van der Waals surface area contributed by atoms with Crippen molar-refractivity contribution in [1.29, 1.82) is 0 Å². The van der Waals surface area contributed by atoms with E-state index in [0.29, 0.717) is 5.75 Å². The third-order valence-electron chi connectivity index (χ3n) is 5.88. The van der Waals surface area contributed by atoms with Gasteiger partial charge in [0, 0.05) is 18.1 Å². The maximum Gasteiger partial charge on any atom is 0.498 e. The van der Waals surface area contributed by atoms with E-state index in [2.05, 4.69) is 4.98 Å². The van der Waals surface area contributed by atoms with Crippen molar-refractivity contribution in [3.05, 3.63) is 41.7 Å². The van der Waals surface area contributed by atoms with Gasteiger partial charge in [-0.2, -0.15) is 5.10 Å². The Labute approximate surface area is 177 Å². The normalized spacial score (nSPS) is 17.6. The molecule has 0 amide bonds. The first-order valence-corrected chi connectivity index (χ1v) is 10.1. The highest BCUT2D eigenvalue weighted by atomic mass is 16.7. The number of aryl methyl sites for hydroxylation is 2. The van der Waals surface area contributed by atoms with Gasteiger partial charge >= 0.3 is 7.12 Å². The van der Waals surface area contributed by atoms with E-state index >= 15 is 0 Å². The molecule has 1 fully saturated rings. The van der Waals surface area contributed by atoms with Gasteiger partial charge < -0.3 is 18.8 Å². The molecule has 158 valence electrons. The highest BCUT2D eigenvalue weighted by molar-refractivity contribution is 6.63. The Bertz CT molecular complexity index is 1080. The van der Waals surface area contributed by atoms with Gasteiger partial charge in [0.05, 0.1) is 28.8 Å². The molecule has 0 N–H and O–H groups in total. The van der Waals surface area contributed by atoms with E-state index in [1.54, 1.807) is 7.11 Å². The molecule has 0 unspecified atom stereocenters. The molecule has 1 aromatic carbocycles. The van der Waals surface area contributed by atoms with Crippen LogP contribution in [-0.2, 0) is 14.0 Å². The molecule has 0 spiro atoms. The van der Waals surface area contributed by atoms with Gasteiger partial charge in [-0.3, -0.25) is 0 Å². The van der Waals surface area contributed by atoms with E-state index < -0.39 is 18.3 Å². The lowest BCUT2D eigenvalue weighted by atomic mass is 9.77. The van der Waals surface area contributed by atoms with Gasteiger partial charge in [-0.25, -0.2) is 9.50 Å². The molecule has 1 aliphatic heterocycles. The number of hydrogen-bond acceptors (Lipinski definition) is 6. The predicted molar refractivity (Wildman–Crippen MR) is 116 cm³/mol. The van der Waals surface area contributed by atoms with E-state index in [1.807, 2.05) is 76.5 Å². The van der Waals surface area contributed by atoms with Crippen LogP contribution in [-0.4, -0.2) is 46.8 Å². The molecule has 1 saturated heterocycles. The van der Waals surface area contributed by atoms with Crippen LogP contribution in [0.15, 0.2) is 30.5 Å². The maximum absolute atomic E-state index is 6.22. The van der Waals surface area contributed by atoms with Gasteiger partial charge in [-0.05, 0) is 59.2 Å². The van der Waals surface area contributed by atoms with Crippen molar-refractivity contribution in [3.63, 3.8) is 0 Å². The second-order valence-electron chi connectivity index (χ2n) is 8.75. The van der Waals surface area contributed by atoms with Gasteiger partial charge in [0.1, 0.15) is 5.75 Å². The van der Waals surface area contributed by atoms with Crippen molar-refractivity contribution in [2.24, 2.45) is 0 Å². The molecular formula is C22H28BN3O4. The van der Waals surface area contributed by atoms with Crippen molar-refractivity contribution in [3.8, 4) is 17.0 Å². The summed E-state index contributed by atoms with van der Waals surface area (Å²) in [6.07, 6.45) is 1.92. The number of hydrogen-bond donors (Lipinski definition) is 0. The minimum Gasteiger partial charge on any atom is -0.468 e. The van der Waals surface area contributed by atoms with E-state index in [0.717, 1.165) is 33.6 Å². The first kappa shape index (κ1) is 20.8. The fourth-order valence-electron chi connectivity index (χ4n) is 3.49. The highest BCUT2D eigenvalue weighted by Crippen LogP contribution is 2.37. The third-order valence-corrected chi connectivity index (χ3v) is 5.88. The average molecular weight is 409 g/mol. The first-order chi connectivity index (χ1) is 14.1. The molecule has 0 radical (unpaired) electrons. The number of ether oxygens (including phenoxy) is 2. The summed E-state index contributed by atoms with van der Waals surface area (Å²) in [5.74, 6) is 0.647. The zero-order valence-corrected chi connectivity index (χ0v) is 18.6. The lowest BCUT2D eigenvalue weighted by Gasteiger charge is -2.32. The Balaban J connectivity index is 1.75. The van der Waals surface area contributed by atoms with Crippen molar-refractivity contribution < 1.29 is 18.8 Å². The van der Waals surface area contributed by atoms with Gasteiger partial charge in [-0.1, -0.05) is 12.1 Å². The number of rotatable bonds is 5. The largest absolute Gasteiger partial charge is 0.498 e. The standard InChI is InChI=1S/C22H28BN3O4/c1-14-10-18(25-26-12-15(2)24-20(14)26)16-8-9-17(19(11-16)28-13-27-7)23-29-21(3,4)22(5,6)30-23/h8-12H,13H2,1-7H3. The van der Waals surface area contributed by atoms with Gasteiger partial charge in [-0.15, -0.1) is 0 Å². The first-order valence-electron chi connectivity index (χ1n) is 10.1. The monoisotopic (exact) mass is 409 g/mol. The van der Waals surface area contributed by atoms with Crippen molar-refractivity contribution in [1.82, 2.24) is 14.6 Å². The molecule has 0 aliphatic carbocycles. The quantitative estimate of drug-likeness (QED) is 0.476. The maximum atomic E-state index is 6.22. The van der Waals surface area contributed by atoms with Crippen LogP contribution in [0, 0.1) is 13.8 Å². The van der Waals surface area contributed by atoms with Crippen molar-refractivity contribution in [2.75, 3.05) is 13.9 Å². The Morgan fingerprint density at radius 2 is 1.77 bits per heavy atom. The molecular weight excluding hydrogens is 381 g/mol. The molecule has 0 atom stereocenters. The fraction of sp³-hybridized carbons (Fsp3) is 0.455. The van der Waals surface area contributed by atoms with Gasteiger partial charge in [0.2, 0.25) is 0 Å². The van der Waals surface area contributed by atoms with Crippen molar-refractivity contribution in [2.45, 2.75) is 52.7 Å². The van der Waals surface area contributed by atoms with Crippen LogP contribution in [0.25, 0.3) is 16.9 Å². The van der Waals surface area contributed by atoms with Crippen LogP contribution < -0.4 is 10.2 Å². The Morgan fingerprint density at radius 3 is 2.43 bits per heavy atom. The van der Waals surface area contributed by atoms with Crippen molar-refractivity contribution >= 4 is 18.2 Å². The second kappa shape index (κ2) is 7.37. The fourth-order valence-corrected chi connectivity index (χ4v) is 3.49. The SMILES string of the molecule is COCOc1cc(-c2cc(C)c3nc(C)cn3n2)ccc1B1OC(C)(C)C(C)(C)O1. The van der Waals surface area contributed by atoms with Crippen LogP contribution in [0.2, 0.25) is 0 Å². The number of nitrogens with zero attached hydrogens (tertiary/aromatic N) is 3. The van der Waals surface area contributed by atoms with Crippen LogP contribution >= 0.6 is 0 Å².